The van der Waals surface area contributed by atoms with Crippen LogP contribution in [0.2, 0.25) is 0 Å². The van der Waals surface area contributed by atoms with Crippen molar-refractivity contribution in [1.82, 2.24) is 0 Å². The van der Waals surface area contributed by atoms with E-state index in [1.807, 2.05) is 24.3 Å². The molecule has 1 amide bonds. The number of nitrogens with two attached hydrogens (primary N) is 1. The average Bonchev–Trinajstić information content (AvgIpc) is 2.55. The van der Waals surface area contributed by atoms with Gasteiger partial charge in [-0.1, -0.05) is 30.3 Å². The number of carbonyl (C=O) groups is 1. The largest absolute Gasteiger partial charge is 0.330 e. The highest BCUT2D eigenvalue weighted by Crippen LogP contribution is 2.29. The van der Waals surface area contributed by atoms with E-state index in [1.54, 1.807) is 0 Å². The fourth-order valence-corrected chi connectivity index (χ4v) is 3.17. The standard InChI is InChI=1S/C18H22N2O/c19-12-13-5-7-15(8-6-13)18(21)20-17-10-9-14-3-1-2-4-16(14)11-17/h1-4,9-11,13,15H,5-8,12,19H2,(H,20,21). The van der Waals surface area contributed by atoms with Crippen molar-refractivity contribution in [3.05, 3.63) is 42.5 Å². The predicted molar refractivity (Wildman–Crippen MR) is 87.1 cm³/mol. The molecule has 0 radical (unpaired) electrons. The Balaban J connectivity index is 1.66. The fraction of sp³-hybridized carbons (Fsp3) is 0.389. The maximum atomic E-state index is 12.4. The number of hydrogen-bond donors (Lipinski definition) is 2. The number of hydrogen-bond acceptors (Lipinski definition) is 2. The Kier molecular flexibility index (Phi) is 4.20. The second kappa shape index (κ2) is 6.27. The van der Waals surface area contributed by atoms with Crippen molar-refractivity contribution in [3.63, 3.8) is 0 Å². The number of amides is 1. The summed E-state index contributed by atoms with van der Waals surface area (Å²) in [7, 11) is 0. The van der Waals surface area contributed by atoms with Gasteiger partial charge in [-0.05, 0) is 61.1 Å². The minimum atomic E-state index is 0.138. The zero-order valence-electron chi connectivity index (χ0n) is 12.2. The van der Waals surface area contributed by atoms with E-state index in [4.69, 9.17) is 5.73 Å². The van der Waals surface area contributed by atoms with Crippen molar-refractivity contribution >= 4 is 22.4 Å². The highest BCUT2D eigenvalue weighted by Gasteiger charge is 2.25. The Labute approximate surface area is 125 Å². The molecule has 3 N–H and O–H groups in total. The highest BCUT2D eigenvalue weighted by atomic mass is 16.1. The minimum Gasteiger partial charge on any atom is -0.330 e. The van der Waals surface area contributed by atoms with Gasteiger partial charge >= 0.3 is 0 Å². The molecule has 1 aliphatic rings. The zero-order valence-corrected chi connectivity index (χ0v) is 12.2. The Bertz CT molecular complexity index is 630. The molecular formula is C18H22N2O. The summed E-state index contributed by atoms with van der Waals surface area (Å²) in [4.78, 5) is 12.4. The van der Waals surface area contributed by atoms with Crippen molar-refractivity contribution in [2.45, 2.75) is 25.7 Å². The SMILES string of the molecule is NCC1CCC(C(=O)Nc2ccc3ccccc3c2)CC1. The summed E-state index contributed by atoms with van der Waals surface area (Å²) in [5.74, 6) is 0.898. The van der Waals surface area contributed by atoms with E-state index in [0.717, 1.165) is 43.3 Å². The summed E-state index contributed by atoms with van der Waals surface area (Å²) in [6.45, 7) is 0.749. The van der Waals surface area contributed by atoms with Crippen molar-refractivity contribution in [2.24, 2.45) is 17.6 Å². The van der Waals surface area contributed by atoms with Gasteiger partial charge in [0.1, 0.15) is 0 Å². The predicted octanol–water partition coefficient (Wildman–Crippen LogP) is 3.54. The summed E-state index contributed by atoms with van der Waals surface area (Å²) < 4.78 is 0. The Morgan fingerprint density at radius 1 is 1.05 bits per heavy atom. The quantitative estimate of drug-likeness (QED) is 0.904. The zero-order chi connectivity index (χ0) is 14.7. The van der Waals surface area contributed by atoms with E-state index in [1.165, 1.54) is 5.39 Å². The topological polar surface area (TPSA) is 55.1 Å². The van der Waals surface area contributed by atoms with Crippen LogP contribution in [0.25, 0.3) is 10.8 Å². The Morgan fingerprint density at radius 3 is 2.48 bits per heavy atom. The third-order valence-corrected chi connectivity index (χ3v) is 4.57. The molecule has 1 fully saturated rings. The first-order chi connectivity index (χ1) is 10.3. The molecule has 1 aliphatic carbocycles. The Hall–Kier alpha value is -1.87. The van der Waals surface area contributed by atoms with Crippen LogP contribution in [0.1, 0.15) is 25.7 Å². The number of nitrogens with one attached hydrogen (secondary N) is 1. The number of anilines is 1. The number of rotatable bonds is 3. The summed E-state index contributed by atoms with van der Waals surface area (Å²) in [6, 6.07) is 14.3. The molecular weight excluding hydrogens is 260 g/mol. The minimum absolute atomic E-state index is 0.138. The lowest BCUT2D eigenvalue weighted by molar-refractivity contribution is -0.121. The molecule has 2 aromatic carbocycles. The third kappa shape index (κ3) is 3.24. The molecule has 0 atom stereocenters. The van der Waals surface area contributed by atoms with Gasteiger partial charge in [-0.25, -0.2) is 0 Å². The maximum absolute atomic E-state index is 12.4. The van der Waals surface area contributed by atoms with Crippen molar-refractivity contribution in [2.75, 3.05) is 11.9 Å². The van der Waals surface area contributed by atoms with Crippen LogP contribution in [-0.2, 0) is 4.79 Å². The molecule has 0 bridgehead atoms. The van der Waals surface area contributed by atoms with Crippen LogP contribution in [0.4, 0.5) is 5.69 Å². The van der Waals surface area contributed by atoms with Gasteiger partial charge in [0.2, 0.25) is 5.91 Å². The molecule has 1 saturated carbocycles. The molecule has 0 saturated heterocycles. The van der Waals surface area contributed by atoms with Crippen molar-refractivity contribution in [3.8, 4) is 0 Å². The van der Waals surface area contributed by atoms with Gasteiger partial charge in [0.25, 0.3) is 0 Å². The number of benzene rings is 2. The normalized spacial score (nSPS) is 22.1. The van der Waals surface area contributed by atoms with Crippen LogP contribution in [0.5, 0.6) is 0 Å². The van der Waals surface area contributed by atoms with Gasteiger partial charge < -0.3 is 11.1 Å². The summed E-state index contributed by atoms with van der Waals surface area (Å²) >= 11 is 0. The van der Waals surface area contributed by atoms with Gasteiger partial charge in [-0.2, -0.15) is 0 Å². The van der Waals surface area contributed by atoms with Crippen LogP contribution in [0, 0.1) is 11.8 Å². The monoisotopic (exact) mass is 282 g/mol. The van der Waals surface area contributed by atoms with Gasteiger partial charge in [0, 0.05) is 11.6 Å². The van der Waals surface area contributed by atoms with Gasteiger partial charge in [0.15, 0.2) is 0 Å². The van der Waals surface area contributed by atoms with Crippen LogP contribution < -0.4 is 11.1 Å². The lowest BCUT2D eigenvalue weighted by atomic mass is 9.81. The van der Waals surface area contributed by atoms with Crippen LogP contribution in [-0.4, -0.2) is 12.5 Å². The first-order valence-electron chi connectivity index (χ1n) is 7.76. The van der Waals surface area contributed by atoms with E-state index in [-0.39, 0.29) is 11.8 Å². The van der Waals surface area contributed by atoms with Crippen molar-refractivity contribution in [1.29, 1.82) is 0 Å². The maximum Gasteiger partial charge on any atom is 0.227 e. The second-order valence-electron chi connectivity index (χ2n) is 6.00. The summed E-state index contributed by atoms with van der Waals surface area (Å²) in [5, 5.41) is 5.41. The molecule has 3 heteroatoms. The molecule has 0 aliphatic heterocycles. The van der Waals surface area contributed by atoms with Crippen molar-refractivity contribution < 1.29 is 4.79 Å². The number of fused-ring (bicyclic) bond motifs is 1. The second-order valence-corrected chi connectivity index (χ2v) is 6.00. The molecule has 0 spiro atoms. The van der Waals surface area contributed by atoms with E-state index in [9.17, 15) is 4.79 Å². The molecule has 3 rings (SSSR count). The molecule has 3 nitrogen and oxygen atoms in total. The van der Waals surface area contributed by atoms with E-state index >= 15 is 0 Å². The van der Waals surface area contributed by atoms with Gasteiger partial charge in [-0.15, -0.1) is 0 Å². The molecule has 2 aromatic rings. The molecule has 0 aromatic heterocycles. The fourth-order valence-electron chi connectivity index (χ4n) is 3.17. The van der Waals surface area contributed by atoms with Crippen LogP contribution >= 0.6 is 0 Å². The summed E-state index contributed by atoms with van der Waals surface area (Å²) in [5.41, 5.74) is 6.59. The van der Waals surface area contributed by atoms with Crippen LogP contribution in [0.3, 0.4) is 0 Å². The highest BCUT2D eigenvalue weighted by molar-refractivity contribution is 5.95. The first kappa shape index (κ1) is 14.1. The van der Waals surface area contributed by atoms with E-state index in [2.05, 4.69) is 23.5 Å². The third-order valence-electron chi connectivity index (χ3n) is 4.57. The van der Waals surface area contributed by atoms with Crippen LogP contribution in [0.15, 0.2) is 42.5 Å². The number of carbonyl (C=O) groups excluding carboxylic acids is 1. The average molecular weight is 282 g/mol. The molecule has 21 heavy (non-hydrogen) atoms. The molecule has 0 unspecified atom stereocenters. The lowest BCUT2D eigenvalue weighted by Crippen LogP contribution is -2.29. The summed E-state index contributed by atoms with van der Waals surface area (Å²) in [6.07, 6.45) is 4.07. The van der Waals surface area contributed by atoms with Gasteiger partial charge in [-0.3, -0.25) is 4.79 Å². The smallest absolute Gasteiger partial charge is 0.227 e. The van der Waals surface area contributed by atoms with E-state index in [0.29, 0.717) is 5.92 Å². The first-order valence-corrected chi connectivity index (χ1v) is 7.76. The van der Waals surface area contributed by atoms with E-state index < -0.39 is 0 Å². The molecule has 110 valence electrons. The Morgan fingerprint density at radius 2 is 1.76 bits per heavy atom. The lowest BCUT2D eigenvalue weighted by Gasteiger charge is -2.26. The van der Waals surface area contributed by atoms with Gasteiger partial charge in [0.05, 0.1) is 0 Å². The molecule has 0 heterocycles.